The molecule has 1 aromatic heterocycles. The Kier molecular flexibility index (Phi) is 5.91. The first-order chi connectivity index (χ1) is 8.22. The fourth-order valence-corrected chi connectivity index (χ4v) is 1.76. The molecule has 0 saturated heterocycles. The van der Waals surface area contributed by atoms with Crippen molar-refractivity contribution in [1.82, 2.24) is 15.3 Å². The summed E-state index contributed by atoms with van der Waals surface area (Å²) in [5, 5.41) is 3.25. The van der Waals surface area contributed by atoms with E-state index in [1.807, 2.05) is 12.4 Å². The molecule has 0 spiro atoms. The zero-order valence-corrected chi connectivity index (χ0v) is 11.4. The molecule has 1 atom stereocenters. The normalized spacial score (nSPS) is 12.5. The molecule has 0 bridgehead atoms. The molecule has 1 rings (SSSR count). The average molecular weight is 236 g/mol. The summed E-state index contributed by atoms with van der Waals surface area (Å²) in [6.07, 6.45) is 4.86. The standard InChI is InChI=1S/C13H24N4/c1-5-11(4)17(7-3)13-10-15-12(9-16-13)8-14-6-2/h9-11,14H,5-8H2,1-4H3. The number of nitrogens with one attached hydrogen (secondary N) is 1. The van der Waals surface area contributed by atoms with Crippen LogP contribution in [0.4, 0.5) is 5.82 Å². The molecular weight excluding hydrogens is 212 g/mol. The highest BCUT2D eigenvalue weighted by molar-refractivity contribution is 5.36. The van der Waals surface area contributed by atoms with E-state index in [1.165, 1.54) is 0 Å². The lowest BCUT2D eigenvalue weighted by molar-refractivity contribution is 0.620. The first-order valence-electron chi connectivity index (χ1n) is 6.51. The Morgan fingerprint density at radius 2 is 2.00 bits per heavy atom. The minimum absolute atomic E-state index is 0.508. The maximum absolute atomic E-state index is 4.50. The number of hydrogen-bond acceptors (Lipinski definition) is 4. The van der Waals surface area contributed by atoms with Crippen LogP contribution in [0.1, 0.15) is 39.8 Å². The summed E-state index contributed by atoms with van der Waals surface area (Å²) in [5.41, 5.74) is 0.996. The van der Waals surface area contributed by atoms with Gasteiger partial charge in [0.15, 0.2) is 0 Å². The summed E-state index contributed by atoms with van der Waals surface area (Å²) < 4.78 is 0. The van der Waals surface area contributed by atoms with Crippen molar-refractivity contribution in [2.24, 2.45) is 0 Å². The van der Waals surface area contributed by atoms with Crippen LogP contribution in [0, 0.1) is 0 Å². The molecule has 0 aromatic carbocycles. The smallest absolute Gasteiger partial charge is 0.147 e. The fourth-order valence-electron chi connectivity index (χ4n) is 1.76. The van der Waals surface area contributed by atoms with Crippen LogP contribution in [0.2, 0.25) is 0 Å². The molecule has 96 valence electrons. The van der Waals surface area contributed by atoms with Crippen molar-refractivity contribution in [2.75, 3.05) is 18.0 Å². The Hall–Kier alpha value is -1.16. The van der Waals surface area contributed by atoms with E-state index in [4.69, 9.17) is 0 Å². The Labute approximate surface area is 104 Å². The van der Waals surface area contributed by atoms with Crippen LogP contribution in [0.15, 0.2) is 12.4 Å². The largest absolute Gasteiger partial charge is 0.353 e. The summed E-state index contributed by atoms with van der Waals surface area (Å²) in [7, 11) is 0. The van der Waals surface area contributed by atoms with Gasteiger partial charge in [0.25, 0.3) is 0 Å². The van der Waals surface area contributed by atoms with E-state index >= 15 is 0 Å². The topological polar surface area (TPSA) is 41.1 Å². The Morgan fingerprint density at radius 3 is 2.47 bits per heavy atom. The van der Waals surface area contributed by atoms with Gasteiger partial charge in [0.1, 0.15) is 5.82 Å². The summed E-state index contributed by atoms with van der Waals surface area (Å²) in [4.78, 5) is 11.2. The van der Waals surface area contributed by atoms with Gasteiger partial charge >= 0.3 is 0 Å². The monoisotopic (exact) mass is 236 g/mol. The van der Waals surface area contributed by atoms with Crippen LogP contribution in [0.3, 0.4) is 0 Å². The molecule has 1 aromatic rings. The average Bonchev–Trinajstić information content (AvgIpc) is 2.38. The van der Waals surface area contributed by atoms with E-state index in [0.29, 0.717) is 6.04 Å². The van der Waals surface area contributed by atoms with Crippen molar-refractivity contribution in [2.45, 2.75) is 46.7 Å². The van der Waals surface area contributed by atoms with E-state index < -0.39 is 0 Å². The van der Waals surface area contributed by atoms with Crippen molar-refractivity contribution in [3.8, 4) is 0 Å². The molecule has 0 amide bonds. The highest BCUT2D eigenvalue weighted by Crippen LogP contribution is 2.14. The highest BCUT2D eigenvalue weighted by Gasteiger charge is 2.12. The van der Waals surface area contributed by atoms with Gasteiger partial charge < -0.3 is 10.2 Å². The maximum atomic E-state index is 4.50. The van der Waals surface area contributed by atoms with Crippen molar-refractivity contribution in [1.29, 1.82) is 0 Å². The molecule has 0 saturated carbocycles. The quantitative estimate of drug-likeness (QED) is 0.788. The first kappa shape index (κ1) is 13.9. The van der Waals surface area contributed by atoms with E-state index in [2.05, 4.69) is 47.9 Å². The lowest BCUT2D eigenvalue weighted by atomic mass is 10.2. The third kappa shape index (κ3) is 3.97. The predicted octanol–water partition coefficient (Wildman–Crippen LogP) is 2.21. The molecule has 0 aliphatic heterocycles. The fraction of sp³-hybridized carbons (Fsp3) is 0.692. The number of rotatable bonds is 7. The molecule has 17 heavy (non-hydrogen) atoms. The van der Waals surface area contributed by atoms with Crippen molar-refractivity contribution >= 4 is 5.82 Å². The van der Waals surface area contributed by atoms with E-state index in [0.717, 1.165) is 37.6 Å². The van der Waals surface area contributed by atoms with Gasteiger partial charge in [0.05, 0.1) is 18.1 Å². The third-order valence-electron chi connectivity index (χ3n) is 3.01. The molecular formula is C13H24N4. The van der Waals surface area contributed by atoms with Gasteiger partial charge in [-0.1, -0.05) is 13.8 Å². The van der Waals surface area contributed by atoms with Crippen molar-refractivity contribution in [3.05, 3.63) is 18.1 Å². The third-order valence-corrected chi connectivity index (χ3v) is 3.01. The van der Waals surface area contributed by atoms with Gasteiger partial charge in [-0.05, 0) is 26.8 Å². The molecule has 1 N–H and O–H groups in total. The lowest BCUT2D eigenvalue weighted by Gasteiger charge is -2.27. The van der Waals surface area contributed by atoms with Gasteiger partial charge in [-0.2, -0.15) is 0 Å². The van der Waals surface area contributed by atoms with Crippen LogP contribution in [-0.4, -0.2) is 29.1 Å². The van der Waals surface area contributed by atoms with Crippen LogP contribution in [-0.2, 0) is 6.54 Å². The summed E-state index contributed by atoms with van der Waals surface area (Å²) in [5.74, 6) is 0.974. The van der Waals surface area contributed by atoms with Crippen LogP contribution in [0.25, 0.3) is 0 Å². The number of aromatic nitrogens is 2. The van der Waals surface area contributed by atoms with Crippen LogP contribution >= 0.6 is 0 Å². The van der Waals surface area contributed by atoms with Gasteiger partial charge in [0.2, 0.25) is 0 Å². The first-order valence-corrected chi connectivity index (χ1v) is 6.51. The van der Waals surface area contributed by atoms with Crippen LogP contribution in [0.5, 0.6) is 0 Å². The van der Waals surface area contributed by atoms with Gasteiger partial charge in [-0.15, -0.1) is 0 Å². The second kappa shape index (κ2) is 7.22. The molecule has 0 aliphatic carbocycles. The van der Waals surface area contributed by atoms with Gasteiger partial charge in [0, 0.05) is 19.1 Å². The molecule has 0 radical (unpaired) electrons. The highest BCUT2D eigenvalue weighted by atomic mass is 15.2. The minimum atomic E-state index is 0.508. The van der Waals surface area contributed by atoms with Gasteiger partial charge in [-0.3, -0.25) is 4.98 Å². The van der Waals surface area contributed by atoms with Crippen LogP contribution < -0.4 is 10.2 Å². The van der Waals surface area contributed by atoms with Crippen molar-refractivity contribution in [3.63, 3.8) is 0 Å². The second-order valence-electron chi connectivity index (χ2n) is 4.19. The zero-order valence-electron chi connectivity index (χ0n) is 11.4. The minimum Gasteiger partial charge on any atom is -0.353 e. The molecule has 0 fully saturated rings. The molecule has 4 heteroatoms. The maximum Gasteiger partial charge on any atom is 0.147 e. The number of nitrogens with zero attached hydrogens (tertiary/aromatic N) is 3. The SMILES string of the molecule is CCNCc1cnc(N(CC)C(C)CC)cn1. The summed E-state index contributed by atoms with van der Waals surface area (Å²) in [6, 6.07) is 0.508. The van der Waals surface area contributed by atoms with E-state index in [-0.39, 0.29) is 0 Å². The van der Waals surface area contributed by atoms with E-state index in [9.17, 15) is 0 Å². The number of hydrogen-bond donors (Lipinski definition) is 1. The van der Waals surface area contributed by atoms with Gasteiger partial charge in [-0.25, -0.2) is 4.98 Å². The molecule has 4 nitrogen and oxygen atoms in total. The second-order valence-corrected chi connectivity index (χ2v) is 4.19. The Balaban J connectivity index is 2.71. The predicted molar refractivity (Wildman–Crippen MR) is 72.2 cm³/mol. The molecule has 1 unspecified atom stereocenters. The number of anilines is 1. The Morgan fingerprint density at radius 1 is 1.24 bits per heavy atom. The Bertz CT molecular complexity index is 310. The molecule has 0 aliphatic rings. The van der Waals surface area contributed by atoms with E-state index in [1.54, 1.807) is 0 Å². The summed E-state index contributed by atoms with van der Waals surface area (Å²) >= 11 is 0. The zero-order chi connectivity index (χ0) is 12.7. The van der Waals surface area contributed by atoms with Crippen molar-refractivity contribution < 1.29 is 0 Å². The lowest BCUT2D eigenvalue weighted by Crippen LogP contribution is -2.33. The summed E-state index contributed by atoms with van der Waals surface area (Å²) in [6.45, 7) is 11.4. The molecule has 1 heterocycles.